The van der Waals surface area contributed by atoms with Gasteiger partial charge in [0.15, 0.2) is 0 Å². The Kier molecular flexibility index (Phi) is 5.97. The third-order valence-electron chi connectivity index (χ3n) is 4.70. The van der Waals surface area contributed by atoms with Gasteiger partial charge in [-0.25, -0.2) is 4.68 Å². The Morgan fingerprint density at radius 2 is 1.96 bits per heavy atom. The number of nitrogens with zero attached hydrogens (tertiary/aromatic N) is 3. The molecule has 2 unspecified atom stereocenters. The summed E-state index contributed by atoms with van der Waals surface area (Å²) in [7, 11) is 15.1. The molecule has 6 atom stereocenters. The predicted molar refractivity (Wildman–Crippen MR) is 88.0 cm³/mol. The number of hydrogen-bond donors (Lipinski definition) is 0. The molecule has 128 valence electrons. The van der Waals surface area contributed by atoms with E-state index in [0.717, 1.165) is 18.5 Å². The van der Waals surface area contributed by atoms with Gasteiger partial charge >= 0.3 is 0 Å². The molecule has 2 fully saturated rings. The van der Waals surface area contributed by atoms with Crippen LogP contribution in [0.1, 0.15) is 18.5 Å². The number of hydrogen-bond acceptors (Lipinski definition) is 6. The first-order valence-corrected chi connectivity index (χ1v) is 8.32. The fraction of sp³-hybridized carbons (Fsp3) is 0.867. The summed E-state index contributed by atoms with van der Waals surface area (Å²) in [5, 5.41) is 8.45. The molecule has 0 bridgehead atoms. The Hall–Kier alpha value is -0.890. The lowest BCUT2D eigenvalue weighted by Crippen LogP contribution is -2.28. The molecule has 1 aromatic heterocycles. The minimum Gasteiger partial charge on any atom is -0.382 e. The molecule has 1 aromatic rings. The van der Waals surface area contributed by atoms with Crippen LogP contribution in [0.3, 0.4) is 0 Å². The van der Waals surface area contributed by atoms with E-state index in [1.54, 1.807) is 18.9 Å². The lowest BCUT2D eigenvalue weighted by Gasteiger charge is -2.17. The molecule has 4 radical (unpaired) electrons. The molecule has 3 heterocycles. The van der Waals surface area contributed by atoms with Crippen molar-refractivity contribution in [2.45, 2.75) is 56.1 Å². The quantitative estimate of drug-likeness (QED) is 0.637. The monoisotopic (exact) mass is 331 g/mol. The minimum absolute atomic E-state index is 0.00388. The van der Waals surface area contributed by atoms with Crippen LogP contribution in [-0.4, -0.2) is 81.8 Å². The molecule has 2 aliphatic rings. The van der Waals surface area contributed by atoms with Crippen LogP contribution in [0.25, 0.3) is 0 Å². The van der Waals surface area contributed by atoms with Crippen LogP contribution >= 0.6 is 0 Å². The SMILES string of the molecule is [B][C@H]1CC(Cc2cn(C[C@H]3O[C@@H]([B])CC3OC)nn2)[C@@H](COC)O1. The van der Waals surface area contributed by atoms with E-state index in [-0.39, 0.29) is 36.2 Å². The highest BCUT2D eigenvalue weighted by Gasteiger charge is 2.34. The van der Waals surface area contributed by atoms with Crippen LogP contribution in [0.4, 0.5) is 0 Å². The van der Waals surface area contributed by atoms with Gasteiger partial charge in [-0.05, 0) is 25.2 Å². The minimum atomic E-state index is -0.283. The summed E-state index contributed by atoms with van der Waals surface area (Å²) in [5.41, 5.74) is 0.912. The average molecular weight is 331 g/mol. The van der Waals surface area contributed by atoms with Crippen molar-refractivity contribution in [1.29, 1.82) is 0 Å². The van der Waals surface area contributed by atoms with Crippen molar-refractivity contribution in [3.63, 3.8) is 0 Å². The molecule has 0 spiro atoms. The van der Waals surface area contributed by atoms with Crippen LogP contribution < -0.4 is 0 Å². The largest absolute Gasteiger partial charge is 0.382 e. The van der Waals surface area contributed by atoms with Crippen molar-refractivity contribution in [1.82, 2.24) is 15.0 Å². The molecule has 3 rings (SSSR count). The van der Waals surface area contributed by atoms with Gasteiger partial charge in [0.2, 0.25) is 0 Å². The first kappa shape index (κ1) is 17.9. The summed E-state index contributed by atoms with van der Waals surface area (Å²) >= 11 is 0. The van der Waals surface area contributed by atoms with E-state index in [0.29, 0.717) is 19.6 Å². The van der Waals surface area contributed by atoms with Gasteiger partial charge in [-0.15, -0.1) is 5.10 Å². The molecule has 0 aromatic carbocycles. The number of methoxy groups -OCH3 is 2. The van der Waals surface area contributed by atoms with Crippen LogP contribution in [0.5, 0.6) is 0 Å². The maximum absolute atomic E-state index is 5.90. The molecular weight excluding hydrogens is 308 g/mol. The Labute approximate surface area is 145 Å². The highest BCUT2D eigenvalue weighted by Crippen LogP contribution is 2.28. The third kappa shape index (κ3) is 4.20. The van der Waals surface area contributed by atoms with Gasteiger partial charge in [-0.3, -0.25) is 0 Å². The smallest absolute Gasteiger partial charge is 0.109 e. The summed E-state index contributed by atoms with van der Waals surface area (Å²) in [6, 6.07) is -0.518. The predicted octanol–water partition coefficient (Wildman–Crippen LogP) is -0.335. The Bertz CT molecular complexity index is 533. The second-order valence-corrected chi connectivity index (χ2v) is 6.52. The van der Waals surface area contributed by atoms with Gasteiger partial charge in [-0.1, -0.05) is 5.21 Å². The van der Waals surface area contributed by atoms with Crippen LogP contribution in [0, 0.1) is 5.92 Å². The maximum atomic E-state index is 5.90. The van der Waals surface area contributed by atoms with Crippen molar-refractivity contribution in [2.75, 3.05) is 20.8 Å². The lowest BCUT2D eigenvalue weighted by molar-refractivity contribution is -0.00138. The number of aromatic nitrogens is 3. The van der Waals surface area contributed by atoms with Gasteiger partial charge in [-0.2, -0.15) is 0 Å². The first-order chi connectivity index (χ1) is 11.6. The molecule has 9 heteroatoms. The summed E-state index contributed by atoms with van der Waals surface area (Å²) in [4.78, 5) is 0. The zero-order chi connectivity index (χ0) is 17.1. The fourth-order valence-corrected chi connectivity index (χ4v) is 3.53. The molecular formula is C15H23B2N3O4. The van der Waals surface area contributed by atoms with Crippen molar-refractivity contribution < 1.29 is 18.9 Å². The van der Waals surface area contributed by atoms with Gasteiger partial charge in [0.25, 0.3) is 0 Å². The standard InChI is InChI=1S/C15H23B2N3O4/c1-21-8-13-9(4-14(16)24-13)3-10-6-20(19-18-10)7-12-11(22-2)5-15(17)23-12/h6,9,11-15H,3-5,7-8H2,1-2H3/t9?,11?,12-,13-,14-,15-/m1/s1. The van der Waals surface area contributed by atoms with Crippen molar-refractivity contribution in [2.24, 2.45) is 5.92 Å². The van der Waals surface area contributed by atoms with Crippen molar-refractivity contribution in [3.8, 4) is 0 Å². The van der Waals surface area contributed by atoms with E-state index in [2.05, 4.69) is 10.3 Å². The van der Waals surface area contributed by atoms with Crippen LogP contribution in [0.2, 0.25) is 0 Å². The average Bonchev–Trinajstić information content (AvgIpc) is 3.21. The Balaban J connectivity index is 1.57. The van der Waals surface area contributed by atoms with E-state index in [9.17, 15) is 0 Å². The van der Waals surface area contributed by atoms with E-state index in [1.165, 1.54) is 0 Å². The summed E-state index contributed by atoms with van der Waals surface area (Å²) in [6.07, 6.45) is 4.08. The third-order valence-corrected chi connectivity index (χ3v) is 4.70. The lowest BCUT2D eigenvalue weighted by atomic mass is 9.88. The van der Waals surface area contributed by atoms with Gasteiger partial charge in [0, 0.05) is 32.4 Å². The zero-order valence-electron chi connectivity index (χ0n) is 14.2. The normalized spacial score (nSPS) is 36.4. The van der Waals surface area contributed by atoms with E-state index >= 15 is 0 Å². The van der Waals surface area contributed by atoms with Gasteiger partial charge in [0.05, 0.1) is 31.1 Å². The molecule has 7 nitrogen and oxygen atoms in total. The first-order valence-electron chi connectivity index (χ1n) is 8.32. The number of rotatable bonds is 7. The maximum Gasteiger partial charge on any atom is 0.109 e. The molecule has 2 saturated heterocycles. The van der Waals surface area contributed by atoms with Crippen LogP contribution in [0.15, 0.2) is 6.20 Å². The zero-order valence-corrected chi connectivity index (χ0v) is 14.2. The highest BCUT2D eigenvalue weighted by atomic mass is 16.6. The second-order valence-electron chi connectivity index (χ2n) is 6.52. The molecule has 2 aliphatic heterocycles. The van der Waals surface area contributed by atoms with Gasteiger partial charge in [0.1, 0.15) is 21.8 Å². The molecule has 0 aliphatic carbocycles. The van der Waals surface area contributed by atoms with E-state index in [1.807, 2.05) is 6.20 Å². The molecule has 0 amide bonds. The molecule has 0 N–H and O–H groups in total. The van der Waals surface area contributed by atoms with Crippen LogP contribution in [-0.2, 0) is 31.9 Å². The van der Waals surface area contributed by atoms with E-state index < -0.39 is 0 Å². The molecule has 0 saturated carbocycles. The van der Waals surface area contributed by atoms with E-state index in [4.69, 9.17) is 34.6 Å². The van der Waals surface area contributed by atoms with Gasteiger partial charge < -0.3 is 18.9 Å². The molecule has 24 heavy (non-hydrogen) atoms. The summed E-state index contributed by atoms with van der Waals surface area (Å²) in [6.45, 7) is 1.11. The Morgan fingerprint density at radius 3 is 2.71 bits per heavy atom. The topological polar surface area (TPSA) is 67.6 Å². The van der Waals surface area contributed by atoms with Crippen molar-refractivity contribution >= 4 is 15.7 Å². The highest BCUT2D eigenvalue weighted by molar-refractivity contribution is 6.11. The second kappa shape index (κ2) is 7.99. The fourth-order valence-electron chi connectivity index (χ4n) is 3.53. The summed E-state index contributed by atoms with van der Waals surface area (Å²) in [5.74, 6) is 0.285. The Morgan fingerprint density at radius 1 is 1.21 bits per heavy atom. The number of ether oxygens (including phenoxy) is 4. The summed E-state index contributed by atoms with van der Waals surface area (Å²) < 4.78 is 23.8. The van der Waals surface area contributed by atoms with Crippen molar-refractivity contribution in [3.05, 3.63) is 11.9 Å².